The van der Waals surface area contributed by atoms with Crippen molar-refractivity contribution >= 4 is 11.4 Å². The van der Waals surface area contributed by atoms with Crippen LogP contribution in [0.5, 0.6) is 0 Å². The van der Waals surface area contributed by atoms with Crippen LogP contribution in [0.25, 0.3) is 0 Å². The smallest absolute Gasteiger partial charge is 1.00 e. The summed E-state index contributed by atoms with van der Waals surface area (Å²) in [6, 6.07) is 0. The molecule has 1 saturated heterocycles. The summed E-state index contributed by atoms with van der Waals surface area (Å²) in [6.07, 6.45) is 0. The molecular weight excluding hydrogens is 227 g/mol. The van der Waals surface area contributed by atoms with Crippen molar-refractivity contribution in [3.05, 3.63) is 0 Å². The molecule has 0 aromatic heterocycles. The molecule has 1 aliphatic rings. The van der Waals surface area contributed by atoms with Gasteiger partial charge in [0.1, 0.15) is 0 Å². The molecule has 0 aromatic rings. The van der Waals surface area contributed by atoms with Crippen LogP contribution in [0.3, 0.4) is 0 Å². The van der Waals surface area contributed by atoms with Crippen LogP contribution in [0.1, 0.15) is 8.35 Å². The van der Waals surface area contributed by atoms with E-state index in [1.54, 1.807) is 0 Å². The Hall–Kier alpha value is 0.990. The molecule has 7 heteroatoms. The molecule has 1 fully saturated rings. The molecule has 5 nitrogen and oxygen atoms in total. The Morgan fingerprint density at radius 3 is 2.33 bits per heavy atom. The molecule has 0 aliphatic carbocycles. The third-order valence-corrected chi connectivity index (χ3v) is 2.86. The fourth-order valence-corrected chi connectivity index (χ4v) is 1.77. The Morgan fingerprint density at radius 2 is 1.87 bits per heavy atom. The molecule has 0 radical (unpaired) electrons. The standard InChI is InChI=1S/C8H18N2O3S.Na.H/c1-2-9-3-5-10(6-4-9)7-8-13-14(11)12;;/h2-8H2,1H3,(H,11,12);;/q;+1;-1/p-1. The normalized spacial score (nSPS) is 20.9. The number of piperazine rings is 1. The van der Waals surface area contributed by atoms with Crippen molar-refractivity contribution < 1.29 is 43.9 Å². The molecule has 0 amide bonds. The number of likely N-dealkylation sites (N-methyl/N-ethyl adjacent to an activating group) is 1. The molecule has 1 unspecified atom stereocenters. The van der Waals surface area contributed by atoms with Crippen LogP contribution in [0.2, 0.25) is 0 Å². The maximum absolute atomic E-state index is 10.1. The van der Waals surface area contributed by atoms with Crippen LogP contribution in [0.15, 0.2) is 0 Å². The van der Waals surface area contributed by atoms with Gasteiger partial charge in [0.05, 0.1) is 18.0 Å². The first-order valence-electron chi connectivity index (χ1n) is 4.89. The summed E-state index contributed by atoms with van der Waals surface area (Å²) in [7, 11) is 0. The zero-order valence-electron chi connectivity index (χ0n) is 10.5. The van der Waals surface area contributed by atoms with E-state index in [1.807, 2.05) is 0 Å². The molecule has 1 heterocycles. The summed E-state index contributed by atoms with van der Waals surface area (Å²) in [5.74, 6) is 0. The van der Waals surface area contributed by atoms with E-state index in [1.165, 1.54) is 0 Å². The average Bonchev–Trinajstić information content (AvgIpc) is 2.18. The Balaban J connectivity index is 0. The maximum atomic E-state index is 10.1. The third kappa shape index (κ3) is 7.01. The SMILES string of the molecule is CCN1CCN(CCOS(=O)[O-])CC1.[H-].[Na+]. The van der Waals surface area contributed by atoms with Crippen LogP contribution >= 0.6 is 0 Å². The number of hydrogen-bond donors (Lipinski definition) is 0. The van der Waals surface area contributed by atoms with E-state index in [-0.39, 0.29) is 37.6 Å². The fraction of sp³-hybridized carbons (Fsp3) is 1.00. The van der Waals surface area contributed by atoms with Crippen LogP contribution in [-0.4, -0.2) is 64.4 Å². The van der Waals surface area contributed by atoms with Gasteiger partial charge in [-0.25, -0.2) is 4.21 Å². The first-order chi connectivity index (χ1) is 6.72. The van der Waals surface area contributed by atoms with Crippen LogP contribution in [0, 0.1) is 0 Å². The molecule has 0 spiro atoms. The minimum Gasteiger partial charge on any atom is -1.00 e. The summed E-state index contributed by atoms with van der Waals surface area (Å²) in [5.41, 5.74) is 0. The van der Waals surface area contributed by atoms with Crippen molar-refractivity contribution in [2.24, 2.45) is 0 Å². The Labute approximate surface area is 117 Å². The van der Waals surface area contributed by atoms with Crippen LogP contribution in [0.4, 0.5) is 0 Å². The molecule has 0 aromatic carbocycles. The van der Waals surface area contributed by atoms with Gasteiger partial charge in [-0.1, -0.05) is 6.92 Å². The first kappa shape index (κ1) is 16.0. The number of nitrogens with zero attached hydrogens (tertiary/aromatic N) is 2. The van der Waals surface area contributed by atoms with Gasteiger partial charge in [0, 0.05) is 32.7 Å². The van der Waals surface area contributed by atoms with Gasteiger partial charge >= 0.3 is 29.6 Å². The second-order valence-corrected chi connectivity index (χ2v) is 3.95. The average molecular weight is 245 g/mol. The molecule has 1 atom stereocenters. The molecule has 15 heavy (non-hydrogen) atoms. The Kier molecular flexibility index (Phi) is 9.66. The maximum Gasteiger partial charge on any atom is 1.00 e. The summed E-state index contributed by atoms with van der Waals surface area (Å²) in [5, 5.41) is 0. The minimum absolute atomic E-state index is 0. The predicted octanol–water partition coefficient (Wildman–Crippen LogP) is -3.45. The van der Waals surface area contributed by atoms with Crippen molar-refractivity contribution in [2.75, 3.05) is 45.9 Å². The summed E-state index contributed by atoms with van der Waals surface area (Å²) >= 11 is -2.37. The van der Waals surface area contributed by atoms with Crippen molar-refractivity contribution in [2.45, 2.75) is 6.92 Å². The van der Waals surface area contributed by atoms with Gasteiger partial charge in [-0.15, -0.1) is 0 Å². The Bertz CT molecular complexity index is 194. The zero-order valence-corrected chi connectivity index (χ0v) is 12.3. The van der Waals surface area contributed by atoms with E-state index in [4.69, 9.17) is 0 Å². The van der Waals surface area contributed by atoms with Crippen molar-refractivity contribution in [3.8, 4) is 0 Å². The van der Waals surface area contributed by atoms with Gasteiger partial charge in [-0.3, -0.25) is 9.08 Å². The van der Waals surface area contributed by atoms with Crippen molar-refractivity contribution in [1.82, 2.24) is 9.80 Å². The van der Waals surface area contributed by atoms with Crippen molar-refractivity contribution in [3.63, 3.8) is 0 Å². The largest absolute Gasteiger partial charge is 1.00 e. The summed E-state index contributed by atoms with van der Waals surface area (Å²) in [6.45, 7) is 8.35. The molecule has 0 bridgehead atoms. The third-order valence-electron chi connectivity index (χ3n) is 2.50. The van der Waals surface area contributed by atoms with Crippen LogP contribution < -0.4 is 29.6 Å². The van der Waals surface area contributed by atoms with E-state index in [9.17, 15) is 8.76 Å². The predicted molar refractivity (Wildman–Crippen MR) is 54.5 cm³/mol. The summed E-state index contributed by atoms with van der Waals surface area (Å²) < 4.78 is 24.6. The van der Waals surface area contributed by atoms with E-state index in [0.717, 1.165) is 32.7 Å². The second-order valence-electron chi connectivity index (χ2n) is 3.30. The molecule has 1 aliphatic heterocycles. The van der Waals surface area contributed by atoms with Gasteiger partial charge < -0.3 is 10.9 Å². The monoisotopic (exact) mass is 245 g/mol. The fourth-order valence-electron chi connectivity index (χ4n) is 1.56. The van der Waals surface area contributed by atoms with Gasteiger partial charge in [0.2, 0.25) is 0 Å². The van der Waals surface area contributed by atoms with Gasteiger partial charge in [-0.2, -0.15) is 0 Å². The van der Waals surface area contributed by atoms with E-state index in [2.05, 4.69) is 20.9 Å². The van der Waals surface area contributed by atoms with E-state index >= 15 is 0 Å². The van der Waals surface area contributed by atoms with Gasteiger partial charge in [0.15, 0.2) is 0 Å². The molecule has 0 saturated carbocycles. The first-order valence-corrected chi connectivity index (χ1v) is 5.89. The number of rotatable bonds is 5. The molecule has 1 rings (SSSR count). The Morgan fingerprint density at radius 1 is 1.33 bits per heavy atom. The molecule has 86 valence electrons. The number of hydrogen-bond acceptors (Lipinski definition) is 5. The quantitative estimate of drug-likeness (QED) is 0.372. The van der Waals surface area contributed by atoms with Crippen molar-refractivity contribution in [1.29, 1.82) is 0 Å². The molecule has 0 N–H and O–H groups in total. The summed E-state index contributed by atoms with van der Waals surface area (Å²) in [4.78, 5) is 4.60. The van der Waals surface area contributed by atoms with E-state index < -0.39 is 11.4 Å². The minimum atomic E-state index is -2.37. The van der Waals surface area contributed by atoms with Crippen LogP contribution in [-0.2, 0) is 15.5 Å². The topological polar surface area (TPSA) is 55.8 Å². The second kappa shape index (κ2) is 9.07. The zero-order chi connectivity index (χ0) is 10.4. The molecular formula is C8H18N2NaO3S-. The van der Waals surface area contributed by atoms with Gasteiger partial charge in [-0.05, 0) is 6.54 Å². The van der Waals surface area contributed by atoms with E-state index in [0.29, 0.717) is 6.54 Å². The van der Waals surface area contributed by atoms with Gasteiger partial charge in [0.25, 0.3) is 0 Å².